The van der Waals surface area contributed by atoms with E-state index < -0.39 is 33.3 Å². The van der Waals surface area contributed by atoms with Crippen molar-refractivity contribution < 1.29 is 37.0 Å². The van der Waals surface area contributed by atoms with Crippen LogP contribution in [0.5, 0.6) is 5.75 Å². The molecule has 0 aromatic heterocycles. The van der Waals surface area contributed by atoms with Crippen LogP contribution in [0.3, 0.4) is 0 Å². The number of anilines is 1. The van der Waals surface area contributed by atoms with Crippen molar-refractivity contribution in [2.75, 3.05) is 37.2 Å². The first-order valence-electron chi connectivity index (χ1n) is 11.0. The molecule has 2 N–H and O–H groups in total. The van der Waals surface area contributed by atoms with Gasteiger partial charge >= 0.3 is 12.1 Å². The van der Waals surface area contributed by atoms with Gasteiger partial charge in [0, 0.05) is 38.7 Å². The number of ether oxygens (including phenoxy) is 3. The Bertz CT molecular complexity index is 996. The van der Waals surface area contributed by atoms with Crippen molar-refractivity contribution in [3.8, 4) is 5.75 Å². The Morgan fingerprint density at radius 3 is 2.35 bits per heavy atom. The van der Waals surface area contributed by atoms with E-state index in [9.17, 15) is 22.8 Å². The number of hydrogen-bond acceptors (Lipinski definition) is 8. The Labute approximate surface area is 200 Å². The van der Waals surface area contributed by atoms with Gasteiger partial charge < -0.3 is 24.4 Å². The minimum atomic E-state index is -4.02. The average molecular weight is 500 g/mol. The summed E-state index contributed by atoms with van der Waals surface area (Å²) in [6, 6.07) is 4.28. The van der Waals surface area contributed by atoms with Crippen molar-refractivity contribution in [1.82, 2.24) is 10.2 Å². The van der Waals surface area contributed by atoms with Crippen LogP contribution >= 0.6 is 0 Å². The number of carbonyl (C=O) groups excluding carboxylic acids is 3. The average Bonchev–Trinajstić information content (AvgIpc) is 2.73. The highest BCUT2D eigenvalue weighted by Gasteiger charge is 2.28. The molecule has 11 nitrogen and oxygen atoms in total. The van der Waals surface area contributed by atoms with Crippen LogP contribution in [0.2, 0.25) is 0 Å². The van der Waals surface area contributed by atoms with E-state index in [1.165, 1.54) is 25.2 Å². The van der Waals surface area contributed by atoms with Gasteiger partial charge in [-0.1, -0.05) is 0 Å². The van der Waals surface area contributed by atoms with E-state index in [1.807, 2.05) is 20.8 Å². The van der Waals surface area contributed by atoms with Gasteiger partial charge in [-0.15, -0.1) is 0 Å². The largest absolute Gasteiger partial charge is 0.489 e. The van der Waals surface area contributed by atoms with E-state index in [-0.39, 0.29) is 35.8 Å². The lowest BCUT2D eigenvalue weighted by Gasteiger charge is -2.33. The number of amides is 2. The molecule has 1 aliphatic rings. The molecule has 0 atom stereocenters. The summed E-state index contributed by atoms with van der Waals surface area (Å²) in [5, 5.41) is 2.50. The van der Waals surface area contributed by atoms with E-state index in [4.69, 9.17) is 9.47 Å². The molecule has 1 aromatic carbocycles. The normalized spacial score (nSPS) is 14.8. The summed E-state index contributed by atoms with van der Waals surface area (Å²) in [4.78, 5) is 37.8. The van der Waals surface area contributed by atoms with E-state index in [2.05, 4.69) is 14.8 Å². The molecule has 0 radical (unpaired) electrons. The molecule has 0 bridgehead atoms. The molecule has 2 rings (SSSR count). The summed E-state index contributed by atoms with van der Waals surface area (Å²) in [5.74, 6) is -1.90. The number of rotatable bonds is 8. The summed E-state index contributed by atoms with van der Waals surface area (Å²) >= 11 is 0. The molecule has 0 spiro atoms. The van der Waals surface area contributed by atoms with Gasteiger partial charge in [0.1, 0.15) is 17.5 Å². The maximum absolute atomic E-state index is 12.4. The molecule has 12 heteroatoms. The van der Waals surface area contributed by atoms with Crippen molar-refractivity contribution >= 4 is 33.7 Å². The summed E-state index contributed by atoms with van der Waals surface area (Å²) in [6.07, 6.45) is 0.464. The van der Waals surface area contributed by atoms with E-state index in [0.29, 0.717) is 25.9 Å². The van der Waals surface area contributed by atoms with Gasteiger partial charge in [-0.25, -0.2) is 13.2 Å². The van der Waals surface area contributed by atoms with E-state index in [0.717, 1.165) is 0 Å². The summed E-state index contributed by atoms with van der Waals surface area (Å²) < 4.78 is 42.8. The number of sulfonamides is 1. The van der Waals surface area contributed by atoms with Gasteiger partial charge in [-0.3, -0.25) is 14.3 Å². The first-order chi connectivity index (χ1) is 15.8. The third-order valence-electron chi connectivity index (χ3n) is 4.73. The van der Waals surface area contributed by atoms with Crippen molar-refractivity contribution in [3.63, 3.8) is 0 Å². The molecule has 1 saturated heterocycles. The van der Waals surface area contributed by atoms with E-state index in [1.54, 1.807) is 11.8 Å². The zero-order chi connectivity index (χ0) is 25.5. The van der Waals surface area contributed by atoms with Crippen LogP contribution in [0.15, 0.2) is 18.2 Å². The lowest BCUT2D eigenvalue weighted by Crippen LogP contribution is -2.44. The molecular formula is C22H33N3O8S. The minimum absolute atomic E-state index is 0.0674. The van der Waals surface area contributed by atoms with Crippen LogP contribution in [0.1, 0.15) is 50.9 Å². The number of piperidine rings is 1. The topological polar surface area (TPSA) is 140 Å². The summed E-state index contributed by atoms with van der Waals surface area (Å²) in [5.41, 5.74) is -0.338. The number of esters is 1. The molecule has 1 aromatic rings. The fourth-order valence-corrected chi connectivity index (χ4v) is 4.20. The monoisotopic (exact) mass is 499 g/mol. The molecule has 190 valence electrons. The van der Waals surface area contributed by atoms with Gasteiger partial charge in [0.15, 0.2) is 5.75 Å². The van der Waals surface area contributed by atoms with Crippen LogP contribution in [0.4, 0.5) is 10.5 Å². The molecule has 1 heterocycles. The third-order valence-corrected chi connectivity index (χ3v) is 5.89. The number of carbonyl (C=O) groups is 3. The fourth-order valence-electron chi connectivity index (χ4n) is 3.24. The van der Waals surface area contributed by atoms with Crippen molar-refractivity contribution in [2.45, 2.75) is 52.2 Å². The minimum Gasteiger partial charge on any atom is -0.489 e. The Balaban J connectivity index is 2.08. The quantitative estimate of drug-likeness (QED) is 0.519. The molecule has 1 aliphatic heterocycles. The first kappa shape index (κ1) is 27.2. The van der Waals surface area contributed by atoms with Crippen LogP contribution in [-0.4, -0.2) is 75.5 Å². The van der Waals surface area contributed by atoms with Crippen LogP contribution in [0, 0.1) is 0 Å². The number of likely N-dealkylation sites (tertiary alicyclic amines) is 1. The van der Waals surface area contributed by atoms with Gasteiger partial charge in [0.2, 0.25) is 10.0 Å². The zero-order valence-electron chi connectivity index (χ0n) is 20.2. The molecule has 0 aliphatic carbocycles. The summed E-state index contributed by atoms with van der Waals surface area (Å²) in [7, 11) is -2.57. The standard InChI is InChI=1S/C22H33N3O8S/c1-6-31-19(26)14-34(29,30)24-15-7-8-18(17(13-15)20(27)23-5)32-16-9-11-25(12-10-16)21(28)33-22(2,3)4/h7-8,13,16,24H,6,9-12,14H2,1-5H3,(H,23,27). The molecule has 34 heavy (non-hydrogen) atoms. The lowest BCUT2D eigenvalue weighted by molar-refractivity contribution is -0.139. The number of nitrogens with zero attached hydrogens (tertiary/aromatic N) is 1. The number of hydrogen-bond donors (Lipinski definition) is 2. The maximum Gasteiger partial charge on any atom is 0.410 e. The van der Waals surface area contributed by atoms with Gasteiger partial charge in [0.05, 0.1) is 12.2 Å². The Kier molecular flexibility index (Phi) is 9.14. The highest BCUT2D eigenvalue weighted by molar-refractivity contribution is 7.93. The van der Waals surface area contributed by atoms with Crippen molar-refractivity contribution in [2.24, 2.45) is 0 Å². The Morgan fingerprint density at radius 2 is 1.79 bits per heavy atom. The second-order valence-electron chi connectivity index (χ2n) is 8.74. The highest BCUT2D eigenvalue weighted by atomic mass is 32.2. The van der Waals surface area contributed by atoms with Crippen molar-refractivity contribution in [1.29, 1.82) is 0 Å². The fraction of sp³-hybridized carbons (Fsp3) is 0.591. The molecule has 0 saturated carbocycles. The zero-order valence-corrected chi connectivity index (χ0v) is 21.0. The van der Waals surface area contributed by atoms with Crippen molar-refractivity contribution in [3.05, 3.63) is 23.8 Å². The van der Waals surface area contributed by atoms with Gasteiger partial charge in [0.25, 0.3) is 5.91 Å². The predicted octanol–water partition coefficient (Wildman–Crippen LogP) is 2.13. The SMILES string of the molecule is CCOC(=O)CS(=O)(=O)Nc1ccc(OC2CCN(C(=O)OC(C)(C)C)CC2)c(C(=O)NC)c1. The smallest absolute Gasteiger partial charge is 0.410 e. The Hall–Kier alpha value is -3.02. The maximum atomic E-state index is 12.4. The molecule has 0 unspecified atom stereocenters. The number of nitrogens with one attached hydrogen (secondary N) is 2. The van der Waals surface area contributed by atoms with Gasteiger partial charge in [-0.2, -0.15) is 0 Å². The first-order valence-corrected chi connectivity index (χ1v) is 12.7. The second-order valence-corrected chi connectivity index (χ2v) is 10.5. The second kappa shape index (κ2) is 11.4. The molecule has 1 fully saturated rings. The van der Waals surface area contributed by atoms with Crippen LogP contribution < -0.4 is 14.8 Å². The Morgan fingerprint density at radius 1 is 1.15 bits per heavy atom. The third kappa shape index (κ3) is 8.40. The lowest BCUT2D eigenvalue weighted by atomic mass is 10.1. The predicted molar refractivity (Wildman–Crippen MR) is 125 cm³/mol. The van der Waals surface area contributed by atoms with E-state index >= 15 is 0 Å². The highest BCUT2D eigenvalue weighted by Crippen LogP contribution is 2.27. The molecule has 2 amide bonds. The van der Waals surface area contributed by atoms with Crippen LogP contribution in [0.25, 0.3) is 0 Å². The summed E-state index contributed by atoms with van der Waals surface area (Å²) in [6.45, 7) is 7.96. The van der Waals surface area contributed by atoms with Crippen LogP contribution in [-0.2, 0) is 24.3 Å². The molecular weight excluding hydrogens is 466 g/mol. The van der Waals surface area contributed by atoms with Gasteiger partial charge in [-0.05, 0) is 45.9 Å². The number of benzene rings is 1.